The van der Waals surface area contributed by atoms with E-state index in [1.807, 2.05) is 18.2 Å². The Hall–Kier alpha value is -3.81. The van der Waals surface area contributed by atoms with Crippen molar-refractivity contribution < 1.29 is 9.59 Å². The molecule has 8 heteroatoms. The highest BCUT2D eigenvalue weighted by atomic mass is 16.1. The molecule has 0 spiro atoms. The zero-order chi connectivity index (χ0) is 21.1. The summed E-state index contributed by atoms with van der Waals surface area (Å²) in [6.45, 7) is 0.632. The van der Waals surface area contributed by atoms with Crippen LogP contribution in [0.25, 0.3) is 11.3 Å². The maximum Gasteiger partial charge on any atom is 0.248 e. The first-order valence-electron chi connectivity index (χ1n) is 9.71. The topological polar surface area (TPSA) is 137 Å². The van der Waals surface area contributed by atoms with Crippen molar-refractivity contribution in [2.45, 2.75) is 24.7 Å². The number of carbonyl (C=O) groups excluding carboxylic acids is 2. The van der Waals surface area contributed by atoms with Gasteiger partial charge in [0.05, 0.1) is 5.69 Å². The van der Waals surface area contributed by atoms with Crippen LogP contribution in [0.5, 0.6) is 0 Å². The summed E-state index contributed by atoms with van der Waals surface area (Å²) in [6.07, 6.45) is 4.68. The molecular weight excluding hydrogens is 380 g/mol. The molecule has 0 unspecified atom stereocenters. The van der Waals surface area contributed by atoms with E-state index in [0.717, 1.165) is 30.5 Å². The van der Waals surface area contributed by atoms with Crippen molar-refractivity contribution in [1.82, 2.24) is 15.2 Å². The number of anilines is 1. The summed E-state index contributed by atoms with van der Waals surface area (Å²) in [5.74, 6) is -0.298. The number of rotatable bonds is 7. The van der Waals surface area contributed by atoms with Crippen LogP contribution in [0.15, 0.2) is 54.7 Å². The van der Waals surface area contributed by atoms with Crippen LogP contribution in [-0.4, -0.2) is 33.5 Å². The van der Waals surface area contributed by atoms with E-state index in [2.05, 4.69) is 20.5 Å². The Morgan fingerprint density at radius 1 is 0.967 bits per heavy atom. The lowest BCUT2D eigenvalue weighted by Gasteiger charge is -2.41. The maximum atomic E-state index is 11.5. The van der Waals surface area contributed by atoms with E-state index in [1.54, 1.807) is 36.5 Å². The minimum atomic E-state index is -0.483. The molecule has 8 nitrogen and oxygen atoms in total. The second kappa shape index (κ2) is 7.90. The predicted octanol–water partition coefficient (Wildman–Crippen LogP) is 2.27. The standard InChI is InChI=1S/C22H22N6O2/c23-20(29)15-4-1-3-14(11-15)17-5-6-19(28-27-17)26-13-22(8-2-9-22)18-12-16(21(24)30)7-10-25-18/h1,3-7,10-12H,2,8-9,13H2,(H2,23,29)(H2,24,30)(H,26,28). The van der Waals surface area contributed by atoms with Gasteiger partial charge in [0.1, 0.15) is 5.82 Å². The number of amides is 2. The molecule has 0 atom stereocenters. The Bertz CT molecular complexity index is 1090. The average Bonchev–Trinajstić information content (AvgIpc) is 2.74. The fourth-order valence-electron chi connectivity index (χ4n) is 3.67. The molecule has 0 bridgehead atoms. The van der Waals surface area contributed by atoms with Crippen LogP contribution in [0.4, 0.5) is 5.82 Å². The number of aromatic nitrogens is 3. The smallest absolute Gasteiger partial charge is 0.248 e. The van der Waals surface area contributed by atoms with Crippen LogP contribution >= 0.6 is 0 Å². The minimum Gasteiger partial charge on any atom is -0.368 e. The molecule has 30 heavy (non-hydrogen) atoms. The van der Waals surface area contributed by atoms with Crippen molar-refractivity contribution in [1.29, 1.82) is 0 Å². The minimum absolute atomic E-state index is 0.151. The third kappa shape index (κ3) is 3.84. The molecule has 1 aliphatic rings. The molecule has 1 fully saturated rings. The lowest BCUT2D eigenvalue weighted by molar-refractivity contribution is 0.0991. The number of pyridine rings is 1. The largest absolute Gasteiger partial charge is 0.368 e. The van der Waals surface area contributed by atoms with Gasteiger partial charge in [-0.05, 0) is 49.2 Å². The Kier molecular flexibility index (Phi) is 5.14. The van der Waals surface area contributed by atoms with Crippen LogP contribution < -0.4 is 16.8 Å². The molecule has 1 aliphatic carbocycles. The second-order valence-electron chi connectivity index (χ2n) is 7.53. The molecule has 1 saturated carbocycles. The third-order valence-corrected chi connectivity index (χ3v) is 5.61. The fourth-order valence-corrected chi connectivity index (χ4v) is 3.67. The molecule has 1 aromatic carbocycles. The lowest BCUT2D eigenvalue weighted by Crippen LogP contribution is -2.42. The molecule has 0 aliphatic heterocycles. The summed E-state index contributed by atoms with van der Waals surface area (Å²) in [5, 5.41) is 11.9. The van der Waals surface area contributed by atoms with Crippen LogP contribution in [0.1, 0.15) is 45.7 Å². The summed E-state index contributed by atoms with van der Waals surface area (Å²) < 4.78 is 0. The van der Waals surface area contributed by atoms with Gasteiger partial charge in [0.15, 0.2) is 0 Å². The Morgan fingerprint density at radius 3 is 2.37 bits per heavy atom. The summed E-state index contributed by atoms with van der Waals surface area (Å²) in [5.41, 5.74) is 13.8. The summed E-state index contributed by atoms with van der Waals surface area (Å²) >= 11 is 0. The lowest BCUT2D eigenvalue weighted by atomic mass is 9.66. The van der Waals surface area contributed by atoms with E-state index in [9.17, 15) is 9.59 Å². The molecule has 3 aromatic rings. The third-order valence-electron chi connectivity index (χ3n) is 5.61. The van der Waals surface area contributed by atoms with Crippen LogP contribution in [0.2, 0.25) is 0 Å². The van der Waals surface area contributed by atoms with E-state index in [4.69, 9.17) is 11.5 Å². The van der Waals surface area contributed by atoms with Gasteiger partial charge in [0, 0.05) is 40.5 Å². The predicted molar refractivity (Wildman–Crippen MR) is 113 cm³/mol. The number of hydrogen-bond acceptors (Lipinski definition) is 6. The number of carbonyl (C=O) groups is 2. The van der Waals surface area contributed by atoms with E-state index < -0.39 is 11.8 Å². The first kappa shape index (κ1) is 19.5. The monoisotopic (exact) mass is 402 g/mol. The van der Waals surface area contributed by atoms with Crippen molar-refractivity contribution in [3.63, 3.8) is 0 Å². The Morgan fingerprint density at radius 2 is 1.73 bits per heavy atom. The van der Waals surface area contributed by atoms with Gasteiger partial charge in [-0.1, -0.05) is 18.6 Å². The SMILES string of the molecule is NC(=O)c1cccc(-c2ccc(NCC3(c4cc(C(N)=O)ccn4)CCC3)nn2)c1. The summed E-state index contributed by atoms with van der Waals surface area (Å²) in [7, 11) is 0. The quantitative estimate of drug-likeness (QED) is 0.554. The molecule has 4 rings (SSSR count). The van der Waals surface area contributed by atoms with Gasteiger partial charge in [-0.15, -0.1) is 10.2 Å². The van der Waals surface area contributed by atoms with Gasteiger partial charge in [0.25, 0.3) is 0 Å². The zero-order valence-electron chi connectivity index (χ0n) is 16.3. The van der Waals surface area contributed by atoms with Gasteiger partial charge >= 0.3 is 0 Å². The van der Waals surface area contributed by atoms with E-state index in [0.29, 0.717) is 29.2 Å². The van der Waals surface area contributed by atoms with Crippen LogP contribution in [-0.2, 0) is 5.41 Å². The number of benzene rings is 1. The molecule has 2 amide bonds. The summed E-state index contributed by atoms with van der Waals surface area (Å²) in [6, 6.07) is 14.1. The van der Waals surface area contributed by atoms with Gasteiger partial charge in [-0.2, -0.15) is 0 Å². The van der Waals surface area contributed by atoms with Crippen molar-refractivity contribution in [2.24, 2.45) is 11.5 Å². The average molecular weight is 402 g/mol. The number of nitrogens with zero attached hydrogens (tertiary/aromatic N) is 3. The van der Waals surface area contributed by atoms with Crippen LogP contribution in [0, 0.1) is 0 Å². The Balaban J connectivity index is 1.48. The van der Waals surface area contributed by atoms with E-state index in [-0.39, 0.29) is 5.41 Å². The van der Waals surface area contributed by atoms with Crippen molar-refractivity contribution >= 4 is 17.6 Å². The van der Waals surface area contributed by atoms with Crippen LogP contribution in [0.3, 0.4) is 0 Å². The highest BCUT2D eigenvalue weighted by Crippen LogP contribution is 2.43. The number of nitrogens with one attached hydrogen (secondary N) is 1. The summed E-state index contributed by atoms with van der Waals surface area (Å²) in [4.78, 5) is 27.4. The normalized spacial score (nSPS) is 14.5. The molecule has 152 valence electrons. The molecule has 2 heterocycles. The second-order valence-corrected chi connectivity index (χ2v) is 7.53. The molecule has 2 aromatic heterocycles. The van der Waals surface area contributed by atoms with Gasteiger partial charge < -0.3 is 16.8 Å². The molecule has 0 radical (unpaired) electrons. The first-order valence-corrected chi connectivity index (χ1v) is 9.71. The van der Waals surface area contributed by atoms with Gasteiger partial charge in [-0.3, -0.25) is 14.6 Å². The van der Waals surface area contributed by atoms with Crippen molar-refractivity contribution in [2.75, 3.05) is 11.9 Å². The number of nitrogens with two attached hydrogens (primary N) is 2. The number of hydrogen-bond donors (Lipinski definition) is 3. The molecule has 0 saturated heterocycles. The maximum absolute atomic E-state index is 11.5. The highest BCUT2D eigenvalue weighted by molar-refractivity contribution is 5.94. The number of primary amides is 2. The fraction of sp³-hybridized carbons (Fsp3) is 0.227. The first-order chi connectivity index (χ1) is 14.5. The van der Waals surface area contributed by atoms with E-state index in [1.165, 1.54) is 0 Å². The molecular formula is C22H22N6O2. The van der Waals surface area contributed by atoms with Gasteiger partial charge in [0.2, 0.25) is 11.8 Å². The molecule has 5 N–H and O–H groups in total. The van der Waals surface area contributed by atoms with Crippen molar-refractivity contribution in [3.8, 4) is 11.3 Å². The highest BCUT2D eigenvalue weighted by Gasteiger charge is 2.40. The van der Waals surface area contributed by atoms with Crippen molar-refractivity contribution in [3.05, 3.63) is 71.5 Å². The van der Waals surface area contributed by atoms with Gasteiger partial charge in [-0.25, -0.2) is 0 Å². The zero-order valence-corrected chi connectivity index (χ0v) is 16.3. The Labute approximate surface area is 173 Å². The van der Waals surface area contributed by atoms with E-state index >= 15 is 0 Å².